The van der Waals surface area contributed by atoms with Crippen molar-refractivity contribution in [2.75, 3.05) is 5.32 Å². The summed E-state index contributed by atoms with van der Waals surface area (Å²) in [6, 6.07) is 2.60. The van der Waals surface area contributed by atoms with Gasteiger partial charge in [-0.05, 0) is 34.7 Å². The number of sulfone groups is 1. The summed E-state index contributed by atoms with van der Waals surface area (Å²) in [5, 5.41) is 19.9. The van der Waals surface area contributed by atoms with Gasteiger partial charge in [-0.15, -0.1) is 0 Å². The monoisotopic (exact) mass is 434 g/mol. The molecule has 1 aromatic carbocycles. The predicted molar refractivity (Wildman–Crippen MR) is 72.9 cm³/mol. The van der Waals surface area contributed by atoms with Crippen LogP contribution in [-0.2, 0) is 14.6 Å². The maximum absolute atomic E-state index is 12.5. The van der Waals surface area contributed by atoms with Crippen LogP contribution in [0.2, 0.25) is 0 Å². The number of rotatable bonds is 3. The van der Waals surface area contributed by atoms with Crippen molar-refractivity contribution >= 4 is 44.0 Å². The zero-order chi connectivity index (χ0) is 16.4. The number of anilines is 1. The molecule has 1 aromatic rings. The third-order valence-electron chi connectivity index (χ3n) is 2.17. The Bertz CT molecular complexity index is 725. The van der Waals surface area contributed by atoms with Crippen LogP contribution in [0, 0.1) is 14.9 Å². The molecule has 0 saturated heterocycles. The highest BCUT2D eigenvalue weighted by atomic mass is 127. The summed E-state index contributed by atoms with van der Waals surface area (Å²) >= 11 is 1.41. The van der Waals surface area contributed by atoms with Crippen LogP contribution in [0.25, 0.3) is 0 Å². The van der Waals surface area contributed by atoms with Gasteiger partial charge < -0.3 is 10.4 Å². The van der Waals surface area contributed by atoms with Gasteiger partial charge in [0.05, 0.1) is 20.2 Å². The van der Waals surface area contributed by atoms with Gasteiger partial charge in [-0.1, -0.05) is 0 Å². The molecular weight excluding hydrogens is 428 g/mol. The summed E-state index contributed by atoms with van der Waals surface area (Å²) in [6.07, 6.45) is -0.605. The molecule has 0 atom stereocenters. The van der Waals surface area contributed by atoms with Crippen molar-refractivity contribution in [3.05, 3.63) is 15.7 Å². The van der Waals surface area contributed by atoms with Gasteiger partial charge in [-0.25, -0.2) is 8.42 Å². The summed E-state index contributed by atoms with van der Waals surface area (Å²) in [5.74, 6) is -1.49. The molecular formula is C10H6F3IN2O4S. The second kappa shape index (κ2) is 6.06. The van der Waals surface area contributed by atoms with Crippen LogP contribution >= 0.6 is 22.6 Å². The number of aromatic hydroxyl groups is 1. The smallest absolute Gasteiger partial charge is 0.501 e. The Labute approximate surface area is 130 Å². The van der Waals surface area contributed by atoms with Gasteiger partial charge in [0, 0.05) is 0 Å². The summed E-state index contributed by atoms with van der Waals surface area (Å²) in [4.78, 5) is 10.1. The van der Waals surface area contributed by atoms with Crippen molar-refractivity contribution in [1.29, 1.82) is 5.26 Å². The maximum atomic E-state index is 12.5. The van der Waals surface area contributed by atoms with Crippen molar-refractivity contribution in [3.8, 4) is 11.8 Å². The molecule has 2 N–H and O–H groups in total. The van der Waals surface area contributed by atoms with E-state index >= 15 is 0 Å². The first-order valence-electron chi connectivity index (χ1n) is 5.01. The Morgan fingerprint density at radius 3 is 2.48 bits per heavy atom. The average molecular weight is 434 g/mol. The summed E-state index contributed by atoms with van der Waals surface area (Å²) in [6.45, 7) is 0. The number of halogens is 4. The molecule has 11 heteroatoms. The topological polar surface area (TPSA) is 107 Å². The van der Waals surface area contributed by atoms with E-state index < -0.39 is 44.0 Å². The van der Waals surface area contributed by atoms with Crippen LogP contribution in [0.4, 0.5) is 18.9 Å². The van der Waals surface area contributed by atoms with Crippen LogP contribution in [-0.4, -0.2) is 24.9 Å². The van der Waals surface area contributed by atoms with Crippen molar-refractivity contribution < 1.29 is 31.5 Å². The normalized spacial score (nSPS) is 11.8. The number of carbonyl (C=O) groups is 1. The van der Waals surface area contributed by atoms with E-state index in [0.717, 1.165) is 0 Å². The third kappa shape index (κ3) is 3.76. The van der Waals surface area contributed by atoms with Gasteiger partial charge in [0.2, 0.25) is 5.91 Å². The van der Waals surface area contributed by atoms with Crippen LogP contribution < -0.4 is 5.32 Å². The van der Waals surface area contributed by atoms with Crippen LogP contribution in [0.1, 0.15) is 6.42 Å². The van der Waals surface area contributed by atoms with E-state index in [9.17, 15) is 31.5 Å². The minimum Gasteiger partial charge on any atom is -0.505 e. The number of alkyl halides is 3. The lowest BCUT2D eigenvalue weighted by Crippen LogP contribution is -2.23. The Kier molecular flexibility index (Phi) is 5.05. The summed E-state index contributed by atoms with van der Waals surface area (Å²) in [5.41, 5.74) is -6.04. The molecule has 0 radical (unpaired) electrons. The fraction of sp³-hybridized carbons (Fsp3) is 0.200. The molecule has 0 aromatic heterocycles. The first-order valence-corrected chi connectivity index (χ1v) is 7.57. The Balaban J connectivity index is 3.38. The average Bonchev–Trinajstić information content (AvgIpc) is 2.33. The predicted octanol–water partition coefficient (Wildman–Crippen LogP) is 2.14. The highest BCUT2D eigenvalue weighted by molar-refractivity contribution is 14.1. The van der Waals surface area contributed by atoms with E-state index in [1.54, 1.807) is 0 Å². The molecule has 0 aliphatic rings. The number of phenols is 1. The van der Waals surface area contributed by atoms with Gasteiger partial charge in [0.1, 0.15) is 6.42 Å². The van der Waals surface area contributed by atoms with Crippen molar-refractivity contribution in [2.24, 2.45) is 0 Å². The SMILES string of the molecule is N#CCC(=O)Nc1cc(S(=O)(=O)C(F)(F)F)cc(I)c1O. The molecule has 0 aliphatic carbocycles. The van der Waals surface area contributed by atoms with Crippen molar-refractivity contribution in [3.63, 3.8) is 0 Å². The van der Waals surface area contributed by atoms with Gasteiger partial charge in [0.25, 0.3) is 9.84 Å². The third-order valence-corrected chi connectivity index (χ3v) is 4.45. The minimum absolute atomic E-state index is 0.204. The summed E-state index contributed by atoms with van der Waals surface area (Å²) < 4.78 is 59.9. The molecule has 1 amide bonds. The molecule has 0 spiro atoms. The quantitative estimate of drug-likeness (QED) is 0.560. The summed E-state index contributed by atoms with van der Waals surface area (Å²) in [7, 11) is -5.62. The fourth-order valence-electron chi connectivity index (χ4n) is 1.22. The van der Waals surface area contributed by atoms with E-state index in [-0.39, 0.29) is 3.57 Å². The second-order valence-electron chi connectivity index (χ2n) is 3.63. The number of nitrogens with zero attached hydrogens (tertiary/aromatic N) is 1. The Morgan fingerprint density at radius 2 is 2.00 bits per heavy atom. The number of hydrogen-bond acceptors (Lipinski definition) is 5. The van der Waals surface area contributed by atoms with Crippen LogP contribution in [0.3, 0.4) is 0 Å². The van der Waals surface area contributed by atoms with Gasteiger partial charge in [-0.3, -0.25) is 4.79 Å². The number of hydrogen-bond donors (Lipinski definition) is 2. The molecule has 0 bridgehead atoms. The number of carbonyl (C=O) groups excluding carboxylic acids is 1. The van der Waals surface area contributed by atoms with Crippen LogP contribution in [0.5, 0.6) is 5.75 Å². The molecule has 0 heterocycles. The van der Waals surface area contributed by atoms with E-state index in [1.807, 2.05) is 5.32 Å². The Hall–Kier alpha value is -1.55. The van der Waals surface area contributed by atoms with E-state index in [1.165, 1.54) is 28.7 Å². The molecule has 0 unspecified atom stereocenters. The molecule has 0 fully saturated rings. The Morgan fingerprint density at radius 1 is 1.43 bits per heavy atom. The van der Waals surface area contributed by atoms with Crippen molar-refractivity contribution in [1.82, 2.24) is 0 Å². The number of nitrogens with one attached hydrogen (secondary N) is 1. The lowest BCUT2D eigenvalue weighted by Gasteiger charge is -2.12. The molecule has 21 heavy (non-hydrogen) atoms. The second-order valence-corrected chi connectivity index (χ2v) is 6.74. The van der Waals surface area contributed by atoms with E-state index in [4.69, 9.17) is 5.26 Å². The number of amides is 1. The van der Waals surface area contributed by atoms with Crippen LogP contribution in [0.15, 0.2) is 17.0 Å². The molecule has 114 valence electrons. The fourth-order valence-corrected chi connectivity index (χ4v) is 2.88. The maximum Gasteiger partial charge on any atom is 0.501 e. The zero-order valence-corrected chi connectivity index (χ0v) is 12.9. The van der Waals surface area contributed by atoms with Gasteiger partial charge >= 0.3 is 5.51 Å². The van der Waals surface area contributed by atoms with Gasteiger partial charge in [0.15, 0.2) is 5.75 Å². The number of phenolic OH excluding ortho intramolecular Hbond substituents is 1. The molecule has 1 rings (SSSR count). The first kappa shape index (κ1) is 17.5. The van der Waals surface area contributed by atoms with Crippen molar-refractivity contribution in [2.45, 2.75) is 16.8 Å². The number of benzene rings is 1. The zero-order valence-electron chi connectivity index (χ0n) is 9.90. The number of nitriles is 1. The largest absolute Gasteiger partial charge is 0.505 e. The standard InChI is InChI=1S/C10H6F3IN2O4S/c11-10(12,13)21(19,20)5-3-6(14)9(18)7(4-5)16-8(17)1-2-15/h3-4,18H,1H2,(H,16,17). The van der Waals surface area contributed by atoms with E-state index in [2.05, 4.69) is 0 Å². The molecule has 6 nitrogen and oxygen atoms in total. The molecule has 0 saturated carbocycles. The highest BCUT2D eigenvalue weighted by Gasteiger charge is 2.47. The minimum atomic E-state index is -5.62. The highest BCUT2D eigenvalue weighted by Crippen LogP contribution is 2.37. The molecule has 0 aliphatic heterocycles. The van der Waals surface area contributed by atoms with Gasteiger partial charge in [-0.2, -0.15) is 18.4 Å². The van der Waals surface area contributed by atoms with E-state index in [0.29, 0.717) is 12.1 Å². The lowest BCUT2D eigenvalue weighted by molar-refractivity contribution is -0.115. The first-order chi connectivity index (χ1) is 9.50. The lowest BCUT2D eigenvalue weighted by atomic mass is 10.3.